The van der Waals surface area contributed by atoms with Crippen LogP contribution in [0.2, 0.25) is 0 Å². The lowest BCUT2D eigenvalue weighted by atomic mass is 10.1. The van der Waals surface area contributed by atoms with Gasteiger partial charge in [-0.05, 0) is 48.4 Å². The molecule has 0 radical (unpaired) electrons. The molecule has 120 valence electrons. The Bertz CT molecular complexity index is 796. The molecule has 0 unspecified atom stereocenters. The van der Waals surface area contributed by atoms with Gasteiger partial charge in [0.05, 0.1) is 9.73 Å². The van der Waals surface area contributed by atoms with Gasteiger partial charge in [0.1, 0.15) is 12.1 Å². The molecular weight excluding hydrogens is 322 g/mol. The first-order valence-electron chi connectivity index (χ1n) is 7.80. The SMILES string of the molecule is CSc1ccc(-c2ccc3ncnc(NCCC(C)C)c3c2)s1. The van der Waals surface area contributed by atoms with Crippen molar-refractivity contribution in [3.63, 3.8) is 0 Å². The van der Waals surface area contributed by atoms with Crippen LogP contribution >= 0.6 is 23.1 Å². The van der Waals surface area contributed by atoms with Gasteiger partial charge in [0.2, 0.25) is 0 Å². The van der Waals surface area contributed by atoms with Gasteiger partial charge in [0.15, 0.2) is 0 Å². The lowest BCUT2D eigenvalue weighted by Gasteiger charge is -2.10. The Hall–Kier alpha value is -1.59. The van der Waals surface area contributed by atoms with Crippen molar-refractivity contribution in [2.24, 2.45) is 5.92 Å². The van der Waals surface area contributed by atoms with E-state index < -0.39 is 0 Å². The average Bonchev–Trinajstić information content (AvgIpc) is 3.03. The van der Waals surface area contributed by atoms with Gasteiger partial charge < -0.3 is 5.32 Å². The minimum atomic E-state index is 0.683. The molecule has 3 aromatic rings. The largest absolute Gasteiger partial charge is 0.369 e. The molecule has 0 bridgehead atoms. The van der Waals surface area contributed by atoms with Crippen LogP contribution in [0.25, 0.3) is 21.3 Å². The van der Waals surface area contributed by atoms with Crippen molar-refractivity contribution in [1.29, 1.82) is 0 Å². The summed E-state index contributed by atoms with van der Waals surface area (Å²) in [5.41, 5.74) is 2.21. The Morgan fingerprint density at radius 3 is 2.78 bits per heavy atom. The molecule has 3 rings (SSSR count). The molecule has 0 saturated carbocycles. The smallest absolute Gasteiger partial charge is 0.137 e. The maximum atomic E-state index is 4.44. The van der Waals surface area contributed by atoms with Gasteiger partial charge >= 0.3 is 0 Å². The van der Waals surface area contributed by atoms with E-state index in [-0.39, 0.29) is 0 Å². The summed E-state index contributed by atoms with van der Waals surface area (Å²) in [5, 5.41) is 4.55. The number of rotatable bonds is 6. The van der Waals surface area contributed by atoms with Gasteiger partial charge in [-0.1, -0.05) is 19.9 Å². The predicted molar refractivity (Wildman–Crippen MR) is 103 cm³/mol. The van der Waals surface area contributed by atoms with E-state index in [9.17, 15) is 0 Å². The highest BCUT2D eigenvalue weighted by Crippen LogP contribution is 2.34. The standard InChI is InChI=1S/C18H21N3S2/c1-12(2)8-9-19-18-14-10-13(4-5-15(14)20-11-21-18)16-6-7-17(22-3)23-16/h4-7,10-12H,8-9H2,1-3H3,(H,19,20,21). The molecule has 23 heavy (non-hydrogen) atoms. The first-order valence-corrected chi connectivity index (χ1v) is 9.84. The topological polar surface area (TPSA) is 37.8 Å². The Kier molecular flexibility index (Phi) is 5.18. The molecule has 0 aliphatic rings. The maximum absolute atomic E-state index is 4.44. The molecule has 0 amide bonds. The fraction of sp³-hybridized carbons (Fsp3) is 0.333. The summed E-state index contributed by atoms with van der Waals surface area (Å²) in [4.78, 5) is 10.1. The third-order valence-electron chi connectivity index (χ3n) is 3.72. The van der Waals surface area contributed by atoms with Crippen molar-refractivity contribution in [3.8, 4) is 10.4 Å². The second-order valence-corrected chi connectivity index (χ2v) is 8.08. The number of thioether (sulfide) groups is 1. The summed E-state index contributed by atoms with van der Waals surface area (Å²) >= 11 is 3.61. The Labute approximate surface area is 145 Å². The number of thiophene rings is 1. The quantitative estimate of drug-likeness (QED) is 0.596. The molecule has 5 heteroatoms. The molecule has 0 aliphatic heterocycles. The molecule has 0 saturated heterocycles. The van der Waals surface area contributed by atoms with Crippen molar-refractivity contribution in [2.75, 3.05) is 18.1 Å². The fourth-order valence-electron chi connectivity index (χ4n) is 2.42. The van der Waals surface area contributed by atoms with Crippen LogP contribution < -0.4 is 5.32 Å². The summed E-state index contributed by atoms with van der Waals surface area (Å²) in [6, 6.07) is 10.8. The normalized spacial score (nSPS) is 11.3. The van der Waals surface area contributed by atoms with Gasteiger partial charge in [-0.25, -0.2) is 9.97 Å². The van der Waals surface area contributed by atoms with Crippen LogP contribution in [0.4, 0.5) is 5.82 Å². The van der Waals surface area contributed by atoms with Crippen LogP contribution in [-0.2, 0) is 0 Å². The van der Waals surface area contributed by atoms with Gasteiger partial charge in [-0.15, -0.1) is 23.1 Å². The predicted octanol–water partition coefficient (Wildman–Crippen LogP) is 5.54. The number of nitrogens with one attached hydrogen (secondary N) is 1. The summed E-state index contributed by atoms with van der Waals surface area (Å²) in [7, 11) is 0. The molecule has 2 heterocycles. The first-order chi connectivity index (χ1) is 11.2. The second-order valence-electron chi connectivity index (χ2n) is 5.89. The number of fused-ring (bicyclic) bond motifs is 1. The number of aromatic nitrogens is 2. The number of hydrogen-bond donors (Lipinski definition) is 1. The molecule has 0 atom stereocenters. The number of anilines is 1. The third-order valence-corrected chi connectivity index (χ3v) is 5.93. The molecule has 1 aromatic carbocycles. The van der Waals surface area contributed by atoms with Crippen molar-refractivity contribution < 1.29 is 0 Å². The maximum Gasteiger partial charge on any atom is 0.137 e. The van der Waals surface area contributed by atoms with Crippen LogP contribution in [0.5, 0.6) is 0 Å². The van der Waals surface area contributed by atoms with Gasteiger partial charge in [0.25, 0.3) is 0 Å². The second kappa shape index (κ2) is 7.32. The third kappa shape index (κ3) is 3.85. The summed E-state index contributed by atoms with van der Waals surface area (Å²) in [5.74, 6) is 1.61. The van der Waals surface area contributed by atoms with E-state index >= 15 is 0 Å². The number of hydrogen-bond acceptors (Lipinski definition) is 5. The Morgan fingerprint density at radius 1 is 1.17 bits per heavy atom. The first kappa shape index (κ1) is 16.3. The molecule has 0 aliphatic carbocycles. The van der Waals surface area contributed by atoms with Crippen LogP contribution in [0.1, 0.15) is 20.3 Å². The summed E-state index contributed by atoms with van der Waals surface area (Å²) < 4.78 is 1.33. The molecule has 3 nitrogen and oxygen atoms in total. The van der Waals surface area contributed by atoms with E-state index in [2.05, 4.69) is 65.7 Å². The lowest BCUT2D eigenvalue weighted by molar-refractivity contribution is 0.607. The van der Waals surface area contributed by atoms with Crippen molar-refractivity contribution in [2.45, 2.75) is 24.5 Å². The molecule has 0 fully saturated rings. The lowest BCUT2D eigenvalue weighted by Crippen LogP contribution is -2.06. The highest BCUT2D eigenvalue weighted by Gasteiger charge is 2.08. The highest BCUT2D eigenvalue weighted by atomic mass is 32.2. The van der Waals surface area contributed by atoms with Crippen molar-refractivity contribution in [1.82, 2.24) is 9.97 Å². The minimum absolute atomic E-state index is 0.683. The van der Waals surface area contributed by atoms with Crippen molar-refractivity contribution >= 4 is 39.8 Å². The van der Waals surface area contributed by atoms with E-state index in [1.165, 1.54) is 14.6 Å². The zero-order valence-electron chi connectivity index (χ0n) is 13.7. The van der Waals surface area contributed by atoms with Crippen LogP contribution in [0.15, 0.2) is 40.9 Å². The minimum Gasteiger partial charge on any atom is -0.369 e. The Morgan fingerprint density at radius 2 is 2.04 bits per heavy atom. The van der Waals surface area contributed by atoms with Crippen LogP contribution in [0.3, 0.4) is 0 Å². The van der Waals surface area contributed by atoms with E-state index in [0.29, 0.717) is 5.92 Å². The zero-order chi connectivity index (χ0) is 16.2. The fourth-order valence-corrected chi connectivity index (χ4v) is 3.96. The highest BCUT2D eigenvalue weighted by molar-refractivity contribution is 8.00. The number of nitrogens with zero attached hydrogens (tertiary/aromatic N) is 2. The summed E-state index contributed by atoms with van der Waals surface area (Å²) in [6.07, 6.45) is 4.88. The monoisotopic (exact) mass is 343 g/mol. The van der Waals surface area contributed by atoms with E-state index in [0.717, 1.165) is 29.7 Å². The van der Waals surface area contributed by atoms with Crippen molar-refractivity contribution in [3.05, 3.63) is 36.7 Å². The van der Waals surface area contributed by atoms with Gasteiger partial charge in [-0.2, -0.15) is 0 Å². The number of benzene rings is 1. The van der Waals surface area contributed by atoms with Gasteiger partial charge in [-0.3, -0.25) is 0 Å². The van der Waals surface area contributed by atoms with Crippen LogP contribution in [0, 0.1) is 5.92 Å². The Balaban J connectivity index is 1.93. The molecule has 2 aromatic heterocycles. The van der Waals surface area contributed by atoms with E-state index in [1.54, 1.807) is 18.1 Å². The van der Waals surface area contributed by atoms with Crippen LogP contribution in [-0.4, -0.2) is 22.8 Å². The molecule has 1 N–H and O–H groups in total. The van der Waals surface area contributed by atoms with E-state index in [1.807, 2.05) is 11.3 Å². The average molecular weight is 344 g/mol. The van der Waals surface area contributed by atoms with Gasteiger partial charge in [0, 0.05) is 16.8 Å². The molecular formula is C18H21N3S2. The summed E-state index contributed by atoms with van der Waals surface area (Å²) in [6.45, 7) is 5.40. The van der Waals surface area contributed by atoms with E-state index in [4.69, 9.17) is 0 Å². The zero-order valence-corrected chi connectivity index (χ0v) is 15.3. The molecule has 0 spiro atoms.